The van der Waals surface area contributed by atoms with E-state index in [0.717, 1.165) is 25.0 Å². The van der Waals surface area contributed by atoms with Crippen molar-refractivity contribution in [2.24, 2.45) is 28.5 Å². The summed E-state index contributed by atoms with van der Waals surface area (Å²) in [6, 6.07) is 9.26. The van der Waals surface area contributed by atoms with Gasteiger partial charge < -0.3 is 11.1 Å². The Labute approximate surface area is 215 Å². The highest BCUT2D eigenvalue weighted by molar-refractivity contribution is 6.16. The number of alkyl halides is 3. The van der Waals surface area contributed by atoms with Crippen LogP contribution in [-0.2, 0) is 20.8 Å². The van der Waals surface area contributed by atoms with E-state index in [9.17, 15) is 36.3 Å². The Morgan fingerprint density at radius 2 is 1.79 bits per heavy atom. The van der Waals surface area contributed by atoms with Gasteiger partial charge in [0.2, 0.25) is 11.8 Å². The van der Waals surface area contributed by atoms with Crippen molar-refractivity contribution in [2.75, 3.05) is 0 Å². The predicted molar refractivity (Wildman–Crippen MR) is 128 cm³/mol. The van der Waals surface area contributed by atoms with Crippen molar-refractivity contribution in [3.63, 3.8) is 0 Å². The van der Waals surface area contributed by atoms with Crippen molar-refractivity contribution in [3.8, 4) is 0 Å². The molecule has 1 aliphatic heterocycles. The van der Waals surface area contributed by atoms with Crippen molar-refractivity contribution in [1.29, 1.82) is 0 Å². The maximum absolute atomic E-state index is 14.7. The van der Waals surface area contributed by atoms with Crippen molar-refractivity contribution in [3.05, 3.63) is 70.8 Å². The molecule has 11 heteroatoms. The van der Waals surface area contributed by atoms with Crippen molar-refractivity contribution >= 4 is 23.3 Å². The van der Waals surface area contributed by atoms with Gasteiger partial charge in [0.15, 0.2) is 11.9 Å². The molecular formula is C27H26F5N3O3. The van der Waals surface area contributed by atoms with Crippen molar-refractivity contribution < 1.29 is 36.3 Å². The third kappa shape index (κ3) is 6.62. The number of nitrogens with two attached hydrogens (primary N) is 1. The van der Waals surface area contributed by atoms with Gasteiger partial charge in [-0.25, -0.2) is 8.78 Å². The van der Waals surface area contributed by atoms with Crippen LogP contribution in [0.15, 0.2) is 47.5 Å². The number of nitrogens with one attached hydrogen (secondary N) is 1. The summed E-state index contributed by atoms with van der Waals surface area (Å²) in [5.74, 6) is -6.43. The van der Waals surface area contributed by atoms with E-state index >= 15 is 0 Å². The van der Waals surface area contributed by atoms with Crippen LogP contribution in [-0.4, -0.2) is 35.7 Å². The molecule has 1 fully saturated rings. The molecule has 1 saturated carbocycles. The van der Waals surface area contributed by atoms with Gasteiger partial charge in [-0.1, -0.05) is 37.1 Å². The molecule has 2 aromatic carbocycles. The Bertz CT molecular complexity index is 1270. The fourth-order valence-corrected chi connectivity index (χ4v) is 4.75. The number of fused-ring (bicyclic) bond motifs is 1. The number of primary amides is 1. The molecule has 0 radical (unpaired) electrons. The molecule has 202 valence electrons. The summed E-state index contributed by atoms with van der Waals surface area (Å²) in [5.41, 5.74) is 5.95. The zero-order valence-electron chi connectivity index (χ0n) is 20.2. The normalized spacial score (nSPS) is 19.1. The molecule has 6 nitrogen and oxygen atoms in total. The maximum atomic E-state index is 14.7. The summed E-state index contributed by atoms with van der Waals surface area (Å²) in [6.07, 6.45) is -6.95. The fraction of sp³-hybridized carbons (Fsp3) is 0.407. The smallest absolute Gasteiger partial charge is 0.369 e. The van der Waals surface area contributed by atoms with E-state index in [-0.39, 0.29) is 34.7 Å². The van der Waals surface area contributed by atoms with Crippen LogP contribution in [0.4, 0.5) is 22.0 Å². The minimum absolute atomic E-state index is 0.00497. The average molecular weight is 536 g/mol. The number of carbonyl (C=O) groups is 3. The van der Waals surface area contributed by atoms with Gasteiger partial charge in [-0.3, -0.25) is 19.4 Å². The third-order valence-corrected chi connectivity index (χ3v) is 6.88. The van der Waals surface area contributed by atoms with E-state index in [1.165, 1.54) is 30.3 Å². The Kier molecular flexibility index (Phi) is 7.94. The van der Waals surface area contributed by atoms with Gasteiger partial charge in [-0.05, 0) is 37.0 Å². The molecule has 1 heterocycles. The van der Waals surface area contributed by atoms with Crippen LogP contribution in [0.2, 0.25) is 0 Å². The summed E-state index contributed by atoms with van der Waals surface area (Å²) in [7, 11) is 0. The first kappa shape index (κ1) is 27.4. The third-order valence-electron chi connectivity index (χ3n) is 6.88. The van der Waals surface area contributed by atoms with Gasteiger partial charge >= 0.3 is 6.18 Å². The topological polar surface area (TPSA) is 102 Å². The molecular weight excluding hydrogens is 509 g/mol. The van der Waals surface area contributed by atoms with Crippen LogP contribution >= 0.6 is 0 Å². The lowest BCUT2D eigenvalue weighted by Crippen LogP contribution is -2.47. The lowest BCUT2D eigenvalue weighted by atomic mass is 9.83. The number of Topliss-reactive ketones (excluding diaryl/α,β-unsaturated/α-hetero) is 1. The van der Waals surface area contributed by atoms with Gasteiger partial charge in [0.05, 0.1) is 5.71 Å². The monoisotopic (exact) mass is 535 g/mol. The maximum Gasteiger partial charge on any atom is 0.389 e. The van der Waals surface area contributed by atoms with Crippen LogP contribution in [0.5, 0.6) is 0 Å². The standard InChI is InChI=1S/C27H26F5N3O3/c28-16-4-1-3-15(12-16)23-17-5-2-6-21(29)19(17)13-22(36)25(34-23)35-26(38)18(9-10-27(30,31)32)20(24(33)37)11-14-7-8-14/h1-6,12,14,18,20,25H,7-11,13H2,(H2,33,37)(H,35,38)/t18-,20+,25-/m1/s1. The highest BCUT2D eigenvalue weighted by Crippen LogP contribution is 2.39. The molecule has 0 spiro atoms. The molecule has 2 aromatic rings. The molecule has 1 aliphatic carbocycles. The lowest BCUT2D eigenvalue weighted by Gasteiger charge is -2.26. The van der Waals surface area contributed by atoms with Crippen LogP contribution in [0.25, 0.3) is 0 Å². The van der Waals surface area contributed by atoms with Crippen LogP contribution in [0, 0.1) is 29.4 Å². The molecule has 0 aromatic heterocycles. The molecule has 0 saturated heterocycles. The SMILES string of the molecule is NC(=O)[C@@H](CC1CC1)[C@@H](CCC(F)(F)F)C(=O)N[C@H]1N=C(c2cccc(F)c2)c2cccc(F)c2CC1=O. The highest BCUT2D eigenvalue weighted by Gasteiger charge is 2.41. The van der Waals surface area contributed by atoms with Gasteiger partial charge in [-0.15, -0.1) is 0 Å². The minimum atomic E-state index is -4.58. The second kappa shape index (κ2) is 11.0. The van der Waals surface area contributed by atoms with E-state index in [2.05, 4.69) is 10.3 Å². The van der Waals surface area contributed by atoms with Gasteiger partial charge in [0, 0.05) is 41.4 Å². The summed E-state index contributed by atoms with van der Waals surface area (Å²) in [4.78, 5) is 42.9. The summed E-state index contributed by atoms with van der Waals surface area (Å²) < 4.78 is 67.9. The van der Waals surface area contributed by atoms with Crippen molar-refractivity contribution in [2.45, 2.75) is 50.9 Å². The first-order chi connectivity index (χ1) is 17.9. The first-order valence-electron chi connectivity index (χ1n) is 12.2. The largest absolute Gasteiger partial charge is 0.389 e. The second-order valence-corrected chi connectivity index (χ2v) is 9.76. The van der Waals surface area contributed by atoms with E-state index in [4.69, 9.17) is 5.73 Å². The highest BCUT2D eigenvalue weighted by atomic mass is 19.4. The van der Waals surface area contributed by atoms with E-state index in [1.54, 1.807) is 0 Å². The number of aliphatic imine (C=N–C) groups is 1. The number of hydrogen-bond acceptors (Lipinski definition) is 4. The molecule has 3 atom stereocenters. The van der Waals surface area contributed by atoms with Gasteiger partial charge in [0.25, 0.3) is 0 Å². The number of carbonyl (C=O) groups excluding carboxylic acids is 3. The number of nitrogens with zero attached hydrogens (tertiary/aromatic N) is 1. The number of hydrogen-bond donors (Lipinski definition) is 2. The van der Waals surface area contributed by atoms with Crippen LogP contribution in [0.3, 0.4) is 0 Å². The molecule has 0 bridgehead atoms. The van der Waals surface area contributed by atoms with E-state index < -0.39 is 72.7 Å². The Morgan fingerprint density at radius 1 is 1.08 bits per heavy atom. The second-order valence-electron chi connectivity index (χ2n) is 9.76. The molecule has 2 aliphatic rings. The lowest BCUT2D eigenvalue weighted by molar-refractivity contribution is -0.146. The summed E-state index contributed by atoms with van der Waals surface area (Å²) in [6.45, 7) is 0. The summed E-state index contributed by atoms with van der Waals surface area (Å²) >= 11 is 0. The quantitative estimate of drug-likeness (QED) is 0.470. The number of rotatable bonds is 9. The Balaban J connectivity index is 1.69. The van der Waals surface area contributed by atoms with Crippen LogP contribution < -0.4 is 11.1 Å². The zero-order valence-corrected chi connectivity index (χ0v) is 20.2. The number of ketones is 1. The minimum Gasteiger partial charge on any atom is -0.369 e. The first-order valence-corrected chi connectivity index (χ1v) is 12.2. The van der Waals surface area contributed by atoms with E-state index in [1.807, 2.05) is 0 Å². The Hall–Kier alpha value is -3.63. The Morgan fingerprint density at radius 3 is 2.42 bits per heavy atom. The van der Waals surface area contributed by atoms with Crippen molar-refractivity contribution in [1.82, 2.24) is 5.32 Å². The molecule has 38 heavy (non-hydrogen) atoms. The number of halogens is 5. The molecule has 3 N–H and O–H groups in total. The van der Waals surface area contributed by atoms with Gasteiger partial charge in [-0.2, -0.15) is 13.2 Å². The number of amides is 2. The molecule has 4 rings (SSSR count). The predicted octanol–water partition coefficient (Wildman–Crippen LogP) is 4.23. The van der Waals surface area contributed by atoms with Gasteiger partial charge in [0.1, 0.15) is 11.6 Å². The molecule has 0 unspecified atom stereocenters. The number of benzene rings is 2. The zero-order chi connectivity index (χ0) is 27.6. The molecule has 2 amide bonds. The van der Waals surface area contributed by atoms with Crippen LogP contribution in [0.1, 0.15) is 48.8 Å². The summed E-state index contributed by atoms with van der Waals surface area (Å²) in [5, 5.41) is 2.38. The fourth-order valence-electron chi connectivity index (χ4n) is 4.75. The van der Waals surface area contributed by atoms with E-state index in [0.29, 0.717) is 0 Å². The average Bonchev–Trinajstić information content (AvgIpc) is 3.66.